The molecular formula is C14H25N3O4. The molecule has 120 valence electrons. The quantitative estimate of drug-likeness (QED) is 0.672. The third-order valence-electron chi connectivity index (χ3n) is 4.04. The number of likely N-dealkylation sites (tertiary alicyclic amines) is 1. The highest BCUT2D eigenvalue weighted by Gasteiger charge is 2.27. The van der Waals surface area contributed by atoms with Crippen LogP contribution in [-0.4, -0.2) is 47.0 Å². The molecule has 3 amide bonds. The fourth-order valence-corrected chi connectivity index (χ4v) is 2.55. The van der Waals surface area contributed by atoms with E-state index in [1.807, 2.05) is 0 Å². The first-order chi connectivity index (χ1) is 9.81. The van der Waals surface area contributed by atoms with Crippen molar-refractivity contribution in [3.63, 3.8) is 0 Å². The molecule has 0 aliphatic carbocycles. The van der Waals surface area contributed by atoms with Gasteiger partial charge in [0.05, 0.1) is 0 Å². The van der Waals surface area contributed by atoms with Crippen molar-refractivity contribution < 1.29 is 19.5 Å². The van der Waals surface area contributed by atoms with E-state index in [1.165, 1.54) is 0 Å². The smallest absolute Gasteiger partial charge is 0.326 e. The Morgan fingerprint density at radius 1 is 1.29 bits per heavy atom. The number of nitrogens with one attached hydrogen (secondary N) is 1. The molecule has 1 fully saturated rings. The molecule has 7 nitrogen and oxygen atoms in total. The Morgan fingerprint density at radius 3 is 2.29 bits per heavy atom. The summed E-state index contributed by atoms with van der Waals surface area (Å²) in [6.45, 7) is 5.61. The van der Waals surface area contributed by atoms with Gasteiger partial charge in [-0.05, 0) is 31.1 Å². The Morgan fingerprint density at radius 2 is 1.86 bits per heavy atom. The molecule has 4 N–H and O–H groups in total. The molecule has 1 atom stereocenters. The van der Waals surface area contributed by atoms with Crippen LogP contribution in [0.15, 0.2) is 0 Å². The van der Waals surface area contributed by atoms with E-state index >= 15 is 0 Å². The summed E-state index contributed by atoms with van der Waals surface area (Å²) in [7, 11) is 0. The van der Waals surface area contributed by atoms with E-state index in [4.69, 9.17) is 10.8 Å². The number of piperidine rings is 1. The molecule has 0 saturated carbocycles. The third-order valence-corrected chi connectivity index (χ3v) is 4.04. The average Bonchev–Trinajstić information content (AvgIpc) is 2.42. The van der Waals surface area contributed by atoms with Crippen LogP contribution in [0.5, 0.6) is 0 Å². The largest absolute Gasteiger partial charge is 0.480 e. The molecule has 1 unspecified atom stereocenters. The van der Waals surface area contributed by atoms with Gasteiger partial charge in [0.25, 0.3) is 0 Å². The fraction of sp³-hybridized carbons (Fsp3) is 0.786. The number of nitrogens with two attached hydrogens (primary N) is 1. The number of carboxylic acids is 1. The number of nitrogens with zero attached hydrogens (tertiary/aromatic N) is 1. The van der Waals surface area contributed by atoms with Gasteiger partial charge in [-0.3, -0.25) is 4.79 Å². The zero-order valence-corrected chi connectivity index (χ0v) is 12.7. The highest BCUT2D eigenvalue weighted by atomic mass is 16.4. The SMILES string of the molecule is CC(C)C1CCN(C(=O)NC(CCC(N)=O)C(=O)O)CC1. The van der Waals surface area contributed by atoms with Crippen molar-refractivity contribution in [3.05, 3.63) is 0 Å². The van der Waals surface area contributed by atoms with Gasteiger partial charge in [0, 0.05) is 19.5 Å². The molecule has 1 heterocycles. The molecule has 1 saturated heterocycles. The zero-order chi connectivity index (χ0) is 16.0. The van der Waals surface area contributed by atoms with Crippen LogP contribution in [0.1, 0.15) is 39.5 Å². The maximum absolute atomic E-state index is 12.1. The summed E-state index contributed by atoms with van der Waals surface area (Å²) in [5.74, 6) is -0.522. The molecular weight excluding hydrogens is 274 g/mol. The Balaban J connectivity index is 2.47. The molecule has 0 aromatic heterocycles. The van der Waals surface area contributed by atoms with Crippen LogP contribution in [0, 0.1) is 11.8 Å². The van der Waals surface area contributed by atoms with Crippen LogP contribution in [-0.2, 0) is 9.59 Å². The second kappa shape index (κ2) is 7.85. The number of hydrogen-bond acceptors (Lipinski definition) is 3. The summed E-state index contributed by atoms with van der Waals surface area (Å²) in [5.41, 5.74) is 5.00. The van der Waals surface area contributed by atoms with Crippen LogP contribution in [0.4, 0.5) is 4.79 Å². The maximum Gasteiger partial charge on any atom is 0.326 e. The van der Waals surface area contributed by atoms with E-state index in [0.717, 1.165) is 12.8 Å². The lowest BCUT2D eigenvalue weighted by Crippen LogP contribution is -2.50. The number of carbonyl (C=O) groups is 3. The molecule has 1 aliphatic heterocycles. The molecule has 0 bridgehead atoms. The van der Waals surface area contributed by atoms with Gasteiger partial charge in [0.2, 0.25) is 5.91 Å². The summed E-state index contributed by atoms with van der Waals surface area (Å²) in [5, 5.41) is 11.5. The van der Waals surface area contributed by atoms with Gasteiger partial charge in [-0.1, -0.05) is 13.8 Å². The first-order valence-corrected chi connectivity index (χ1v) is 7.37. The van der Waals surface area contributed by atoms with Gasteiger partial charge in [-0.15, -0.1) is 0 Å². The van der Waals surface area contributed by atoms with Crippen molar-refractivity contribution in [1.29, 1.82) is 0 Å². The fourth-order valence-electron chi connectivity index (χ4n) is 2.55. The number of urea groups is 1. The number of aliphatic carboxylic acids is 1. The topological polar surface area (TPSA) is 113 Å². The highest BCUT2D eigenvalue weighted by molar-refractivity contribution is 5.83. The van der Waals surface area contributed by atoms with E-state index in [1.54, 1.807) is 4.90 Å². The van der Waals surface area contributed by atoms with Crippen molar-refractivity contribution in [1.82, 2.24) is 10.2 Å². The first-order valence-electron chi connectivity index (χ1n) is 7.37. The molecule has 0 spiro atoms. The van der Waals surface area contributed by atoms with Crippen LogP contribution >= 0.6 is 0 Å². The first kappa shape index (κ1) is 17.3. The van der Waals surface area contributed by atoms with Crippen molar-refractivity contribution in [2.45, 2.75) is 45.6 Å². The lowest BCUT2D eigenvalue weighted by molar-refractivity contribution is -0.139. The second-order valence-corrected chi connectivity index (χ2v) is 5.91. The molecule has 1 aliphatic rings. The van der Waals surface area contributed by atoms with Gasteiger partial charge < -0.3 is 21.1 Å². The summed E-state index contributed by atoms with van der Waals surface area (Å²) >= 11 is 0. The van der Waals surface area contributed by atoms with E-state index in [-0.39, 0.29) is 18.9 Å². The second-order valence-electron chi connectivity index (χ2n) is 5.91. The van der Waals surface area contributed by atoms with Gasteiger partial charge in [0.15, 0.2) is 0 Å². The summed E-state index contributed by atoms with van der Waals surface area (Å²) < 4.78 is 0. The number of rotatable bonds is 6. The average molecular weight is 299 g/mol. The predicted octanol–water partition coefficient (Wildman–Crippen LogP) is 0.783. The lowest BCUT2D eigenvalue weighted by atomic mass is 9.87. The van der Waals surface area contributed by atoms with Gasteiger partial charge >= 0.3 is 12.0 Å². The Kier molecular flexibility index (Phi) is 6.45. The lowest BCUT2D eigenvalue weighted by Gasteiger charge is -2.34. The number of carbonyl (C=O) groups excluding carboxylic acids is 2. The van der Waals surface area contributed by atoms with Gasteiger partial charge in [0.1, 0.15) is 6.04 Å². The maximum atomic E-state index is 12.1. The minimum atomic E-state index is -1.15. The van der Waals surface area contributed by atoms with Crippen LogP contribution < -0.4 is 11.1 Å². The summed E-state index contributed by atoms with van der Waals surface area (Å²) in [6.07, 6.45) is 1.82. The molecule has 7 heteroatoms. The normalized spacial score (nSPS) is 17.6. The van der Waals surface area contributed by atoms with Crippen LogP contribution in [0.2, 0.25) is 0 Å². The summed E-state index contributed by atoms with van der Waals surface area (Å²) in [4.78, 5) is 35.5. The number of carboxylic acid groups (broad SMARTS) is 1. The molecule has 1 rings (SSSR count). The predicted molar refractivity (Wildman–Crippen MR) is 77.5 cm³/mol. The van der Waals surface area contributed by atoms with Crippen LogP contribution in [0.25, 0.3) is 0 Å². The van der Waals surface area contributed by atoms with Crippen molar-refractivity contribution in [2.24, 2.45) is 17.6 Å². The van der Waals surface area contributed by atoms with Crippen molar-refractivity contribution >= 4 is 17.9 Å². The van der Waals surface area contributed by atoms with Crippen LogP contribution in [0.3, 0.4) is 0 Å². The Bertz CT molecular complexity index is 390. The Hall–Kier alpha value is -1.79. The molecule has 0 radical (unpaired) electrons. The van der Waals surface area contributed by atoms with Gasteiger partial charge in [-0.2, -0.15) is 0 Å². The molecule has 0 aromatic carbocycles. The van der Waals surface area contributed by atoms with E-state index in [9.17, 15) is 14.4 Å². The third kappa shape index (κ3) is 5.61. The minimum absolute atomic E-state index is 0.0128. The molecule has 21 heavy (non-hydrogen) atoms. The van der Waals surface area contributed by atoms with E-state index in [2.05, 4.69) is 19.2 Å². The minimum Gasteiger partial charge on any atom is -0.480 e. The Labute approximate surface area is 124 Å². The standard InChI is InChI=1S/C14H25N3O4/c1-9(2)10-5-7-17(8-6-10)14(21)16-11(13(19)20)3-4-12(15)18/h9-11H,3-8H2,1-2H3,(H2,15,18)(H,16,21)(H,19,20). The van der Waals surface area contributed by atoms with E-state index < -0.39 is 17.9 Å². The van der Waals surface area contributed by atoms with Crippen molar-refractivity contribution in [2.75, 3.05) is 13.1 Å². The van der Waals surface area contributed by atoms with Gasteiger partial charge in [-0.25, -0.2) is 9.59 Å². The summed E-state index contributed by atoms with van der Waals surface area (Å²) in [6, 6.07) is -1.46. The monoisotopic (exact) mass is 299 g/mol. The number of amides is 3. The highest BCUT2D eigenvalue weighted by Crippen LogP contribution is 2.24. The van der Waals surface area contributed by atoms with E-state index in [0.29, 0.717) is 24.9 Å². The van der Waals surface area contributed by atoms with Crippen molar-refractivity contribution in [3.8, 4) is 0 Å². The number of primary amides is 1. The number of hydrogen-bond donors (Lipinski definition) is 3. The molecule has 0 aromatic rings. The zero-order valence-electron chi connectivity index (χ0n) is 12.7.